The number of ether oxygens (including phenoxy) is 3. The molecule has 0 aliphatic carbocycles. The topological polar surface area (TPSA) is 27.7 Å². The first-order chi connectivity index (χ1) is 7.15. The highest BCUT2D eigenvalue weighted by molar-refractivity contribution is 6.11. The van der Waals surface area contributed by atoms with Gasteiger partial charge in [0.15, 0.2) is 0 Å². The Balaban J connectivity index is 2.87. The molecule has 1 rings (SSSR count). The van der Waals surface area contributed by atoms with Crippen LogP contribution in [0, 0.1) is 5.92 Å². The Morgan fingerprint density at radius 3 is 2.40 bits per heavy atom. The fraction of sp³-hybridized carbons (Fsp3) is 1.00. The lowest BCUT2D eigenvalue weighted by atomic mass is 9.79. The largest absolute Gasteiger partial charge is 0.382 e. The van der Waals surface area contributed by atoms with Crippen LogP contribution in [-0.4, -0.2) is 46.4 Å². The second-order valence-corrected chi connectivity index (χ2v) is 4.15. The first-order valence-electron chi connectivity index (χ1n) is 5.60. The van der Waals surface area contributed by atoms with E-state index >= 15 is 0 Å². The minimum atomic E-state index is -0.338. The highest BCUT2D eigenvalue weighted by Crippen LogP contribution is 2.41. The first-order valence-corrected chi connectivity index (χ1v) is 5.60. The van der Waals surface area contributed by atoms with Gasteiger partial charge in [-0.05, 0) is 12.8 Å². The number of hydrogen-bond acceptors (Lipinski definition) is 3. The average Bonchev–Trinajstić information content (AvgIpc) is 2.51. The maximum absolute atomic E-state index is 5.93. The molecular weight excluding hydrogens is 191 g/mol. The summed E-state index contributed by atoms with van der Waals surface area (Å²) in [5, 5.41) is 0. The number of hydrogen-bond donors (Lipinski definition) is 0. The second-order valence-electron chi connectivity index (χ2n) is 4.15. The van der Waals surface area contributed by atoms with E-state index in [2.05, 4.69) is 13.8 Å². The van der Waals surface area contributed by atoms with E-state index in [4.69, 9.17) is 22.1 Å². The van der Waals surface area contributed by atoms with Crippen LogP contribution in [0.5, 0.6) is 0 Å². The zero-order valence-electron chi connectivity index (χ0n) is 10.2. The lowest BCUT2D eigenvalue weighted by molar-refractivity contribution is -0.0850. The van der Waals surface area contributed by atoms with E-state index < -0.39 is 0 Å². The van der Waals surface area contributed by atoms with Crippen molar-refractivity contribution in [2.45, 2.75) is 44.4 Å². The summed E-state index contributed by atoms with van der Waals surface area (Å²) in [6.45, 7) is 4.82. The van der Waals surface area contributed by atoms with Crippen molar-refractivity contribution in [3.8, 4) is 0 Å². The van der Waals surface area contributed by atoms with Gasteiger partial charge in [0.1, 0.15) is 7.85 Å². The van der Waals surface area contributed by atoms with E-state index in [1.165, 1.54) is 0 Å². The van der Waals surface area contributed by atoms with Crippen LogP contribution in [-0.2, 0) is 14.2 Å². The van der Waals surface area contributed by atoms with Crippen molar-refractivity contribution in [2.24, 2.45) is 5.92 Å². The van der Waals surface area contributed by atoms with Crippen LogP contribution < -0.4 is 0 Å². The summed E-state index contributed by atoms with van der Waals surface area (Å²) in [4.78, 5) is 0. The molecule has 1 heterocycles. The fourth-order valence-corrected chi connectivity index (χ4v) is 2.69. The summed E-state index contributed by atoms with van der Waals surface area (Å²) in [5.41, 5.74) is -0.274. The van der Waals surface area contributed by atoms with E-state index in [-0.39, 0.29) is 17.7 Å². The van der Waals surface area contributed by atoms with Crippen LogP contribution in [0.2, 0.25) is 0 Å². The quantitative estimate of drug-likeness (QED) is 0.644. The van der Waals surface area contributed by atoms with Crippen LogP contribution >= 0.6 is 0 Å². The molecule has 0 aromatic carbocycles. The van der Waals surface area contributed by atoms with Gasteiger partial charge in [0, 0.05) is 26.1 Å². The van der Waals surface area contributed by atoms with E-state index in [9.17, 15) is 0 Å². The van der Waals surface area contributed by atoms with Crippen molar-refractivity contribution in [3.63, 3.8) is 0 Å². The minimum Gasteiger partial charge on any atom is -0.382 e. The Hall–Kier alpha value is -0.0551. The SMILES string of the molecule is [B][C@@H]1O[C@](CC)(COC)[C@@H](CC)[C@H]1OC. The molecule has 1 aliphatic rings. The van der Waals surface area contributed by atoms with Gasteiger partial charge in [-0.3, -0.25) is 0 Å². The normalized spacial score (nSPS) is 40.9. The Bertz CT molecular complexity index is 200. The van der Waals surface area contributed by atoms with E-state index in [1.807, 2.05) is 0 Å². The predicted octanol–water partition coefficient (Wildman–Crippen LogP) is 1.35. The van der Waals surface area contributed by atoms with E-state index in [0.29, 0.717) is 12.5 Å². The summed E-state index contributed by atoms with van der Waals surface area (Å²) in [6, 6.07) is -0.338. The molecule has 4 atom stereocenters. The molecule has 0 spiro atoms. The smallest absolute Gasteiger partial charge is 0.112 e. The molecule has 15 heavy (non-hydrogen) atoms. The van der Waals surface area contributed by atoms with Gasteiger partial charge in [-0.25, -0.2) is 0 Å². The first kappa shape index (κ1) is 13.0. The summed E-state index contributed by atoms with van der Waals surface area (Å²) >= 11 is 0. The molecule has 4 heteroatoms. The second kappa shape index (κ2) is 5.33. The molecule has 0 N–H and O–H groups in total. The summed E-state index contributed by atoms with van der Waals surface area (Å²) in [5.74, 6) is 0.308. The van der Waals surface area contributed by atoms with Gasteiger partial charge in [0.2, 0.25) is 0 Å². The minimum absolute atomic E-state index is 0.0231. The third-order valence-electron chi connectivity index (χ3n) is 3.47. The lowest BCUT2D eigenvalue weighted by Crippen LogP contribution is -2.42. The van der Waals surface area contributed by atoms with Crippen LogP contribution in [0.3, 0.4) is 0 Å². The van der Waals surface area contributed by atoms with Crippen LogP contribution in [0.15, 0.2) is 0 Å². The van der Waals surface area contributed by atoms with Crippen molar-refractivity contribution in [1.29, 1.82) is 0 Å². The third kappa shape index (κ3) is 2.22. The lowest BCUT2D eigenvalue weighted by Gasteiger charge is -2.33. The Kier molecular flexibility index (Phi) is 4.62. The maximum atomic E-state index is 5.93. The number of methoxy groups -OCH3 is 2. The highest BCUT2D eigenvalue weighted by atomic mass is 16.6. The molecule has 1 fully saturated rings. The summed E-state index contributed by atoms with van der Waals surface area (Å²) in [7, 11) is 9.32. The predicted molar refractivity (Wildman–Crippen MR) is 60.1 cm³/mol. The molecule has 0 unspecified atom stereocenters. The number of rotatable bonds is 5. The third-order valence-corrected chi connectivity index (χ3v) is 3.47. The Labute approximate surface area is 93.9 Å². The van der Waals surface area contributed by atoms with Gasteiger partial charge in [-0.1, -0.05) is 13.8 Å². The summed E-state index contributed by atoms with van der Waals surface area (Å²) in [6.07, 6.45) is 1.86. The van der Waals surface area contributed by atoms with Crippen LogP contribution in [0.1, 0.15) is 26.7 Å². The molecule has 0 amide bonds. The van der Waals surface area contributed by atoms with Gasteiger partial charge < -0.3 is 14.2 Å². The van der Waals surface area contributed by atoms with E-state index in [1.54, 1.807) is 14.2 Å². The molecule has 0 aromatic rings. The van der Waals surface area contributed by atoms with E-state index in [0.717, 1.165) is 12.8 Å². The zero-order valence-corrected chi connectivity index (χ0v) is 10.2. The Morgan fingerprint density at radius 2 is 2.00 bits per heavy atom. The zero-order chi connectivity index (χ0) is 11.5. The van der Waals surface area contributed by atoms with Gasteiger partial charge >= 0.3 is 0 Å². The van der Waals surface area contributed by atoms with Crippen LogP contribution in [0.4, 0.5) is 0 Å². The molecule has 0 bridgehead atoms. The van der Waals surface area contributed by atoms with Gasteiger partial charge in [0.25, 0.3) is 0 Å². The Morgan fingerprint density at radius 1 is 1.33 bits per heavy atom. The molecular formula is C11H21BO3. The highest BCUT2D eigenvalue weighted by Gasteiger charge is 2.51. The molecule has 86 valence electrons. The monoisotopic (exact) mass is 212 g/mol. The van der Waals surface area contributed by atoms with Gasteiger partial charge in [-0.15, -0.1) is 0 Å². The van der Waals surface area contributed by atoms with Crippen molar-refractivity contribution < 1.29 is 14.2 Å². The van der Waals surface area contributed by atoms with Crippen LogP contribution in [0.25, 0.3) is 0 Å². The molecule has 2 radical (unpaired) electrons. The van der Waals surface area contributed by atoms with Gasteiger partial charge in [0.05, 0.1) is 18.3 Å². The molecule has 1 saturated heterocycles. The maximum Gasteiger partial charge on any atom is 0.112 e. The molecule has 0 aromatic heterocycles. The average molecular weight is 212 g/mol. The standard InChI is InChI=1S/C11H21BO3/c1-5-8-9(14-4)10(12)15-11(8,6-2)7-13-3/h8-10H,5-7H2,1-4H3/t8-,9+,10+,11+/m0/s1. The van der Waals surface area contributed by atoms with Gasteiger partial charge in [-0.2, -0.15) is 0 Å². The fourth-order valence-electron chi connectivity index (χ4n) is 2.69. The molecule has 3 nitrogen and oxygen atoms in total. The molecule has 1 aliphatic heterocycles. The summed E-state index contributed by atoms with van der Waals surface area (Å²) < 4.78 is 16.6. The van der Waals surface area contributed by atoms with Crippen molar-refractivity contribution in [1.82, 2.24) is 0 Å². The van der Waals surface area contributed by atoms with Crippen molar-refractivity contribution in [2.75, 3.05) is 20.8 Å². The van der Waals surface area contributed by atoms with Crippen molar-refractivity contribution >= 4 is 7.85 Å². The van der Waals surface area contributed by atoms with Crippen molar-refractivity contribution in [3.05, 3.63) is 0 Å². The molecule has 0 saturated carbocycles.